The van der Waals surface area contributed by atoms with Crippen molar-refractivity contribution >= 4 is 17.2 Å². The SMILES string of the molecule is CC1COC(CO)CN1C(=O)c1sccc1-n1cnnn1. The smallest absolute Gasteiger partial charge is 0.266 e. The van der Waals surface area contributed by atoms with Crippen molar-refractivity contribution < 1.29 is 14.6 Å². The summed E-state index contributed by atoms with van der Waals surface area (Å²) in [6, 6.07) is 1.77. The molecule has 0 radical (unpaired) electrons. The number of carbonyl (C=O) groups excluding carboxylic acids is 1. The number of hydrogen-bond acceptors (Lipinski definition) is 7. The van der Waals surface area contributed by atoms with Gasteiger partial charge in [0, 0.05) is 6.54 Å². The standard InChI is InChI=1S/C12H15N5O3S/c1-8-6-20-9(5-18)4-16(8)12(19)11-10(2-3-21-11)17-7-13-14-15-17/h2-3,7-9,18H,4-6H2,1H3. The number of hydrogen-bond donors (Lipinski definition) is 1. The highest BCUT2D eigenvalue weighted by Crippen LogP contribution is 2.24. The van der Waals surface area contributed by atoms with Crippen LogP contribution in [0.2, 0.25) is 0 Å². The summed E-state index contributed by atoms with van der Waals surface area (Å²) < 4.78 is 6.93. The summed E-state index contributed by atoms with van der Waals surface area (Å²) in [6.07, 6.45) is 1.12. The zero-order chi connectivity index (χ0) is 14.8. The van der Waals surface area contributed by atoms with Crippen LogP contribution in [-0.4, -0.2) is 68.0 Å². The summed E-state index contributed by atoms with van der Waals surface area (Å²) in [7, 11) is 0. The maximum absolute atomic E-state index is 12.8. The van der Waals surface area contributed by atoms with Crippen LogP contribution in [0.4, 0.5) is 0 Å². The lowest BCUT2D eigenvalue weighted by Crippen LogP contribution is -2.52. The van der Waals surface area contributed by atoms with E-state index in [0.29, 0.717) is 23.7 Å². The molecule has 8 nitrogen and oxygen atoms in total. The van der Waals surface area contributed by atoms with E-state index >= 15 is 0 Å². The second-order valence-electron chi connectivity index (χ2n) is 4.83. The number of carbonyl (C=O) groups is 1. The lowest BCUT2D eigenvalue weighted by atomic mass is 10.2. The van der Waals surface area contributed by atoms with Crippen LogP contribution in [0.3, 0.4) is 0 Å². The Labute approximate surface area is 124 Å². The number of nitrogens with zero attached hydrogens (tertiary/aromatic N) is 5. The van der Waals surface area contributed by atoms with Gasteiger partial charge in [0.15, 0.2) is 0 Å². The molecule has 1 aliphatic rings. The molecule has 0 spiro atoms. The monoisotopic (exact) mass is 309 g/mol. The van der Waals surface area contributed by atoms with Crippen LogP contribution in [0.25, 0.3) is 5.69 Å². The number of aliphatic hydroxyl groups excluding tert-OH is 1. The number of tetrazole rings is 1. The molecule has 0 aliphatic carbocycles. The number of thiophene rings is 1. The molecule has 2 unspecified atom stereocenters. The third kappa shape index (κ3) is 2.67. The van der Waals surface area contributed by atoms with Crippen molar-refractivity contribution in [1.29, 1.82) is 0 Å². The molecule has 112 valence electrons. The van der Waals surface area contributed by atoms with E-state index in [1.54, 1.807) is 4.90 Å². The molecule has 1 aliphatic heterocycles. The summed E-state index contributed by atoms with van der Waals surface area (Å²) in [5.74, 6) is -0.0928. The Balaban J connectivity index is 1.87. The van der Waals surface area contributed by atoms with Crippen LogP contribution in [0.5, 0.6) is 0 Å². The van der Waals surface area contributed by atoms with E-state index in [-0.39, 0.29) is 24.7 Å². The molecular weight excluding hydrogens is 294 g/mol. The second kappa shape index (κ2) is 5.88. The van der Waals surface area contributed by atoms with Crippen LogP contribution >= 0.6 is 11.3 Å². The first kappa shape index (κ1) is 14.1. The third-order valence-corrected chi connectivity index (χ3v) is 4.30. The quantitative estimate of drug-likeness (QED) is 0.854. The van der Waals surface area contributed by atoms with Crippen molar-refractivity contribution in [2.24, 2.45) is 0 Å². The highest BCUT2D eigenvalue weighted by atomic mass is 32.1. The first-order chi connectivity index (χ1) is 10.2. The van der Waals surface area contributed by atoms with Crippen LogP contribution in [0.15, 0.2) is 17.8 Å². The highest BCUT2D eigenvalue weighted by molar-refractivity contribution is 7.12. The molecule has 1 amide bonds. The molecule has 2 atom stereocenters. The van der Waals surface area contributed by atoms with Gasteiger partial charge in [-0.1, -0.05) is 0 Å². The van der Waals surface area contributed by atoms with Crippen LogP contribution < -0.4 is 0 Å². The van der Waals surface area contributed by atoms with Crippen LogP contribution in [-0.2, 0) is 4.74 Å². The van der Waals surface area contributed by atoms with Gasteiger partial charge in [-0.05, 0) is 28.8 Å². The average Bonchev–Trinajstić information content (AvgIpc) is 3.17. The number of ether oxygens (including phenoxy) is 1. The predicted octanol–water partition coefficient (Wildman–Crippen LogP) is -0.0544. The first-order valence-corrected chi connectivity index (χ1v) is 7.43. The topological polar surface area (TPSA) is 93.4 Å². The molecular formula is C12H15N5O3S. The number of amides is 1. The predicted molar refractivity (Wildman–Crippen MR) is 74.4 cm³/mol. The lowest BCUT2D eigenvalue weighted by molar-refractivity contribution is -0.0666. The molecule has 3 rings (SSSR count). The number of aromatic nitrogens is 4. The van der Waals surface area contributed by atoms with Crippen LogP contribution in [0.1, 0.15) is 16.6 Å². The Morgan fingerprint density at radius 3 is 3.19 bits per heavy atom. The average molecular weight is 309 g/mol. The normalized spacial score (nSPS) is 22.5. The number of morpholine rings is 1. The number of rotatable bonds is 3. The first-order valence-electron chi connectivity index (χ1n) is 6.55. The lowest BCUT2D eigenvalue weighted by Gasteiger charge is -2.37. The minimum Gasteiger partial charge on any atom is -0.394 e. The summed E-state index contributed by atoms with van der Waals surface area (Å²) in [6.45, 7) is 2.63. The molecule has 0 bridgehead atoms. The Hall–Kier alpha value is -1.84. The van der Waals surface area contributed by atoms with Gasteiger partial charge < -0.3 is 14.7 Å². The Bertz CT molecular complexity index is 614. The number of aliphatic hydroxyl groups is 1. The van der Waals surface area contributed by atoms with Crippen molar-refractivity contribution in [3.05, 3.63) is 22.7 Å². The fraction of sp³-hybridized carbons (Fsp3) is 0.500. The van der Waals surface area contributed by atoms with E-state index in [9.17, 15) is 9.90 Å². The zero-order valence-electron chi connectivity index (χ0n) is 11.4. The minimum atomic E-state index is -0.332. The van der Waals surface area contributed by atoms with E-state index in [1.807, 2.05) is 18.4 Å². The van der Waals surface area contributed by atoms with Crippen molar-refractivity contribution in [1.82, 2.24) is 25.1 Å². The minimum absolute atomic E-state index is 0.0379. The zero-order valence-corrected chi connectivity index (χ0v) is 12.2. The summed E-state index contributed by atoms with van der Waals surface area (Å²) >= 11 is 1.35. The molecule has 0 saturated carbocycles. The Morgan fingerprint density at radius 1 is 1.62 bits per heavy atom. The van der Waals surface area contributed by atoms with E-state index in [0.717, 1.165) is 0 Å². The van der Waals surface area contributed by atoms with Gasteiger partial charge in [0.1, 0.15) is 11.2 Å². The molecule has 9 heteroatoms. The third-order valence-electron chi connectivity index (χ3n) is 3.40. The summed E-state index contributed by atoms with van der Waals surface area (Å²) in [5.41, 5.74) is 0.661. The van der Waals surface area contributed by atoms with Gasteiger partial charge in [0.05, 0.1) is 31.0 Å². The van der Waals surface area contributed by atoms with E-state index in [1.165, 1.54) is 22.3 Å². The van der Waals surface area contributed by atoms with E-state index in [4.69, 9.17) is 4.74 Å². The molecule has 2 aromatic rings. The molecule has 3 heterocycles. The maximum Gasteiger partial charge on any atom is 0.266 e. The summed E-state index contributed by atoms with van der Waals surface area (Å²) in [4.78, 5) is 15.1. The van der Waals surface area contributed by atoms with E-state index in [2.05, 4.69) is 15.5 Å². The second-order valence-corrected chi connectivity index (χ2v) is 5.75. The van der Waals surface area contributed by atoms with Gasteiger partial charge in [0.25, 0.3) is 5.91 Å². The summed E-state index contributed by atoms with van der Waals surface area (Å²) in [5, 5.41) is 22.1. The highest BCUT2D eigenvalue weighted by Gasteiger charge is 2.31. The molecule has 1 saturated heterocycles. The molecule has 2 aromatic heterocycles. The molecule has 21 heavy (non-hydrogen) atoms. The van der Waals surface area contributed by atoms with Crippen LogP contribution in [0, 0.1) is 0 Å². The fourth-order valence-electron chi connectivity index (χ4n) is 2.26. The van der Waals surface area contributed by atoms with Gasteiger partial charge >= 0.3 is 0 Å². The van der Waals surface area contributed by atoms with Gasteiger partial charge in [-0.2, -0.15) is 4.68 Å². The van der Waals surface area contributed by atoms with Gasteiger partial charge in [0.2, 0.25) is 0 Å². The maximum atomic E-state index is 12.8. The van der Waals surface area contributed by atoms with Crippen molar-refractivity contribution in [3.63, 3.8) is 0 Å². The largest absolute Gasteiger partial charge is 0.394 e. The van der Waals surface area contributed by atoms with E-state index < -0.39 is 0 Å². The fourth-order valence-corrected chi connectivity index (χ4v) is 3.09. The molecule has 1 fully saturated rings. The Kier molecular flexibility index (Phi) is 3.95. The molecule has 1 N–H and O–H groups in total. The molecule has 0 aromatic carbocycles. The van der Waals surface area contributed by atoms with Gasteiger partial charge in [-0.25, -0.2) is 0 Å². The van der Waals surface area contributed by atoms with Crippen molar-refractivity contribution in [2.45, 2.75) is 19.1 Å². The van der Waals surface area contributed by atoms with Gasteiger partial charge in [-0.15, -0.1) is 16.4 Å². The Morgan fingerprint density at radius 2 is 2.48 bits per heavy atom. The van der Waals surface area contributed by atoms with Crippen molar-refractivity contribution in [2.75, 3.05) is 19.8 Å². The van der Waals surface area contributed by atoms with Gasteiger partial charge in [-0.3, -0.25) is 4.79 Å². The van der Waals surface area contributed by atoms with Crippen molar-refractivity contribution in [3.8, 4) is 5.69 Å².